The molecule has 0 fully saturated rings. The van der Waals surface area contributed by atoms with Gasteiger partial charge in [0.1, 0.15) is 0 Å². The van der Waals surface area contributed by atoms with Gasteiger partial charge >= 0.3 is 0 Å². The predicted octanol–water partition coefficient (Wildman–Crippen LogP) is 23.0. The lowest BCUT2D eigenvalue weighted by Crippen LogP contribution is -2.13. The molecule has 0 unspecified atom stereocenters. The van der Waals surface area contributed by atoms with Crippen LogP contribution in [0, 0.1) is 0 Å². The van der Waals surface area contributed by atoms with Gasteiger partial charge in [0, 0.05) is 7.26 Å². The average molecular weight is 863 g/mol. The minimum atomic E-state index is -0.822. The van der Waals surface area contributed by atoms with E-state index in [9.17, 15) is 0 Å². The summed E-state index contributed by atoms with van der Waals surface area (Å²) in [6, 6.07) is 0. The fraction of sp³-hybridized carbons (Fsp3) is 1.00. The zero-order valence-corrected chi connectivity index (χ0v) is 44.2. The number of unbranched alkanes of at least 4 members (excludes halogenated alkanes) is 47. The van der Waals surface area contributed by atoms with Crippen molar-refractivity contribution in [1.82, 2.24) is 0 Å². The van der Waals surface area contributed by atoms with E-state index in [0.717, 1.165) is 0 Å². The van der Waals surface area contributed by atoms with E-state index in [2.05, 4.69) is 27.7 Å². The summed E-state index contributed by atoms with van der Waals surface area (Å²) in [5, 5.41) is 0. The molecule has 0 nitrogen and oxygen atoms in total. The van der Waals surface area contributed by atoms with Crippen LogP contribution in [0.1, 0.15) is 355 Å². The van der Waals surface area contributed by atoms with Gasteiger partial charge in [0.2, 0.25) is 0 Å². The highest BCUT2D eigenvalue weighted by Crippen LogP contribution is 2.61. The van der Waals surface area contributed by atoms with E-state index < -0.39 is 7.26 Å². The summed E-state index contributed by atoms with van der Waals surface area (Å²) in [6.07, 6.45) is 82.8. The van der Waals surface area contributed by atoms with Gasteiger partial charge in [-0.1, -0.05) is 304 Å². The topological polar surface area (TPSA) is 0 Å². The van der Waals surface area contributed by atoms with E-state index in [-0.39, 0.29) is 0 Å². The minimum Gasteiger partial charge on any atom is -0.0654 e. The van der Waals surface area contributed by atoms with E-state index in [0.29, 0.717) is 0 Å². The van der Waals surface area contributed by atoms with E-state index in [1.165, 1.54) is 302 Å². The van der Waals surface area contributed by atoms with Gasteiger partial charge in [0.05, 0.1) is 24.6 Å². The fourth-order valence-corrected chi connectivity index (χ4v) is 15.3. The molecule has 0 bridgehead atoms. The van der Waals surface area contributed by atoms with Crippen LogP contribution in [0.3, 0.4) is 0 Å². The first-order valence-electron chi connectivity index (χ1n) is 29.6. The molecular formula is C59H122P+. The van der Waals surface area contributed by atoms with Crippen LogP contribution in [-0.2, 0) is 0 Å². The smallest absolute Gasteiger partial charge is 0.0594 e. The van der Waals surface area contributed by atoms with Gasteiger partial charge in [0.15, 0.2) is 0 Å². The highest BCUT2D eigenvalue weighted by Gasteiger charge is 2.35. The molecule has 0 amide bonds. The van der Waals surface area contributed by atoms with Crippen molar-refractivity contribution in [2.75, 3.05) is 24.6 Å². The predicted molar refractivity (Wildman–Crippen MR) is 285 cm³/mol. The van der Waals surface area contributed by atoms with Crippen LogP contribution in [0.4, 0.5) is 0 Å². The summed E-state index contributed by atoms with van der Waals surface area (Å²) in [7, 11) is -0.822. The molecule has 0 rings (SSSR count). The molecule has 0 aromatic rings. The van der Waals surface area contributed by atoms with Crippen molar-refractivity contribution in [3.8, 4) is 0 Å². The van der Waals surface area contributed by atoms with E-state index in [4.69, 9.17) is 0 Å². The van der Waals surface area contributed by atoms with Crippen molar-refractivity contribution in [2.45, 2.75) is 355 Å². The summed E-state index contributed by atoms with van der Waals surface area (Å²) in [5.41, 5.74) is 0. The Morgan fingerprint density at radius 1 is 0.133 bits per heavy atom. The summed E-state index contributed by atoms with van der Waals surface area (Å²) in [6.45, 7) is 9.35. The SMILES string of the molecule is CCCCCCCCCCCCCCCCC[P+](CCCCCCCCCCCCCC)(CCCCCCCCCCCCCC)CCCCCCCCCCCCCC. The molecule has 60 heavy (non-hydrogen) atoms. The Hall–Kier alpha value is 0.430. The van der Waals surface area contributed by atoms with Crippen LogP contribution in [0.25, 0.3) is 0 Å². The first-order valence-corrected chi connectivity index (χ1v) is 32.1. The quantitative estimate of drug-likeness (QED) is 0.0422. The van der Waals surface area contributed by atoms with Crippen molar-refractivity contribution < 1.29 is 0 Å². The lowest BCUT2D eigenvalue weighted by molar-refractivity contribution is 0.534. The van der Waals surface area contributed by atoms with Crippen molar-refractivity contribution in [1.29, 1.82) is 0 Å². The third-order valence-corrected chi connectivity index (χ3v) is 19.8. The Morgan fingerprint density at radius 2 is 0.233 bits per heavy atom. The summed E-state index contributed by atoms with van der Waals surface area (Å²) in [4.78, 5) is 0. The van der Waals surface area contributed by atoms with Crippen LogP contribution >= 0.6 is 7.26 Å². The highest BCUT2D eigenvalue weighted by molar-refractivity contribution is 7.75. The number of hydrogen-bond acceptors (Lipinski definition) is 0. The molecular weight excluding hydrogens is 740 g/mol. The number of rotatable bonds is 55. The summed E-state index contributed by atoms with van der Waals surface area (Å²) >= 11 is 0. The Kier molecular flexibility index (Phi) is 54.2. The second-order valence-electron chi connectivity index (χ2n) is 20.9. The van der Waals surface area contributed by atoms with Crippen molar-refractivity contribution in [3.05, 3.63) is 0 Å². The maximum absolute atomic E-state index is 2.34. The second-order valence-corrected chi connectivity index (χ2v) is 25.3. The normalized spacial score (nSPS) is 12.0. The maximum Gasteiger partial charge on any atom is 0.0594 e. The Bertz CT molecular complexity index is 660. The zero-order chi connectivity index (χ0) is 43.4. The van der Waals surface area contributed by atoms with Crippen molar-refractivity contribution in [3.63, 3.8) is 0 Å². The maximum atomic E-state index is 2.34. The molecule has 0 aliphatic rings. The molecule has 0 radical (unpaired) electrons. The Balaban J connectivity index is 4.90. The molecule has 0 aliphatic heterocycles. The molecule has 362 valence electrons. The monoisotopic (exact) mass is 862 g/mol. The minimum absolute atomic E-state index is 0.822. The van der Waals surface area contributed by atoms with Gasteiger partial charge in [-0.3, -0.25) is 0 Å². The standard InChI is InChI=1S/C59H122P/c1-5-9-13-17-21-25-29-33-34-35-39-43-47-51-55-59-60(56-52-48-44-40-36-30-26-22-18-14-10-6-2,57-53-49-45-41-37-31-27-23-19-15-11-7-3)58-54-50-46-42-38-32-28-24-20-16-12-8-4/h5-59H2,1-4H3/q+1. The molecule has 0 aromatic carbocycles. The molecule has 0 atom stereocenters. The molecule has 0 heterocycles. The van der Waals surface area contributed by atoms with Crippen LogP contribution < -0.4 is 0 Å². The van der Waals surface area contributed by atoms with Crippen LogP contribution in [-0.4, -0.2) is 24.6 Å². The second kappa shape index (κ2) is 53.8. The van der Waals surface area contributed by atoms with Crippen LogP contribution in [0.5, 0.6) is 0 Å². The first kappa shape index (κ1) is 60.4. The molecule has 0 aliphatic carbocycles. The lowest BCUT2D eigenvalue weighted by Gasteiger charge is -2.28. The van der Waals surface area contributed by atoms with E-state index >= 15 is 0 Å². The van der Waals surface area contributed by atoms with E-state index in [1.54, 1.807) is 50.3 Å². The molecule has 0 saturated heterocycles. The van der Waals surface area contributed by atoms with Gasteiger partial charge in [-0.25, -0.2) is 0 Å². The third kappa shape index (κ3) is 47.9. The van der Waals surface area contributed by atoms with Crippen LogP contribution in [0.2, 0.25) is 0 Å². The largest absolute Gasteiger partial charge is 0.0654 e. The van der Waals surface area contributed by atoms with E-state index in [1.807, 2.05) is 0 Å². The Morgan fingerprint density at radius 3 is 0.350 bits per heavy atom. The summed E-state index contributed by atoms with van der Waals surface area (Å²) < 4.78 is 0. The summed E-state index contributed by atoms with van der Waals surface area (Å²) in [5.74, 6) is 0. The first-order chi connectivity index (χ1) is 29.7. The van der Waals surface area contributed by atoms with Gasteiger partial charge in [-0.15, -0.1) is 0 Å². The van der Waals surface area contributed by atoms with Gasteiger partial charge in [-0.2, -0.15) is 0 Å². The molecule has 0 aromatic heterocycles. The fourth-order valence-electron chi connectivity index (χ4n) is 10.4. The Labute approximate surface area is 385 Å². The van der Waals surface area contributed by atoms with Gasteiger partial charge < -0.3 is 0 Å². The number of hydrogen-bond donors (Lipinski definition) is 0. The van der Waals surface area contributed by atoms with Crippen molar-refractivity contribution in [2.24, 2.45) is 0 Å². The average Bonchev–Trinajstić information content (AvgIpc) is 3.26. The molecule has 1 heteroatoms. The molecule has 0 N–H and O–H groups in total. The molecule has 0 spiro atoms. The molecule has 0 saturated carbocycles. The van der Waals surface area contributed by atoms with Gasteiger partial charge in [-0.05, 0) is 51.4 Å². The van der Waals surface area contributed by atoms with Crippen molar-refractivity contribution >= 4 is 7.26 Å². The third-order valence-electron chi connectivity index (χ3n) is 14.7. The lowest BCUT2D eigenvalue weighted by atomic mass is 10.0. The zero-order valence-electron chi connectivity index (χ0n) is 43.3. The van der Waals surface area contributed by atoms with Gasteiger partial charge in [0.25, 0.3) is 0 Å². The van der Waals surface area contributed by atoms with Crippen LogP contribution in [0.15, 0.2) is 0 Å². The highest BCUT2D eigenvalue weighted by atomic mass is 31.2.